The number of aryl methyl sites for hydroxylation is 2. The largest absolute Gasteiger partial charge is 0.368 e. The van der Waals surface area contributed by atoms with Crippen molar-refractivity contribution in [3.05, 3.63) is 67.9 Å². The van der Waals surface area contributed by atoms with Crippen LogP contribution in [0.1, 0.15) is 23.1 Å². The summed E-state index contributed by atoms with van der Waals surface area (Å²) in [5.41, 5.74) is 5.23. The van der Waals surface area contributed by atoms with Gasteiger partial charge in [0.05, 0.1) is 11.9 Å². The summed E-state index contributed by atoms with van der Waals surface area (Å²) < 4.78 is 0. The van der Waals surface area contributed by atoms with E-state index in [0.29, 0.717) is 6.54 Å². The predicted molar refractivity (Wildman–Crippen MR) is 109 cm³/mol. The molecular weight excluding hydrogens is 354 g/mol. The van der Waals surface area contributed by atoms with Gasteiger partial charge in [-0.05, 0) is 54.0 Å². The Morgan fingerprint density at radius 3 is 2.54 bits per heavy atom. The first-order valence-electron chi connectivity index (χ1n) is 9.85. The van der Waals surface area contributed by atoms with Crippen LogP contribution in [0.5, 0.6) is 0 Å². The Bertz CT molecular complexity index is 1140. The molecule has 0 radical (unpaired) electrons. The first-order chi connectivity index (χ1) is 13.7. The van der Waals surface area contributed by atoms with E-state index >= 15 is 0 Å². The summed E-state index contributed by atoms with van der Waals surface area (Å²) in [6.07, 6.45) is 5.14. The highest BCUT2D eigenvalue weighted by molar-refractivity contribution is 5.81. The second-order valence-electron chi connectivity index (χ2n) is 7.75. The van der Waals surface area contributed by atoms with Crippen LogP contribution in [-0.2, 0) is 19.4 Å². The monoisotopic (exact) mass is 377 g/mol. The quantitative estimate of drug-likeness (QED) is 0.721. The summed E-state index contributed by atoms with van der Waals surface area (Å²) in [5, 5.41) is 7.41. The number of rotatable bonds is 3. The third-order valence-electron chi connectivity index (χ3n) is 5.92. The van der Waals surface area contributed by atoms with Crippen LogP contribution in [0.25, 0.3) is 10.9 Å². The van der Waals surface area contributed by atoms with Gasteiger partial charge in [-0.1, -0.05) is 0 Å². The minimum atomic E-state index is -0.186. The SMILES string of the molecule is O=c1cc(N2CCN(Cc3cc4cc5c(cc4[nH]c3=O)CCC5)CC2)cn[nH]1. The fourth-order valence-electron chi connectivity index (χ4n) is 4.39. The number of H-pyrrole nitrogens is 2. The fourth-order valence-corrected chi connectivity index (χ4v) is 4.39. The standard InChI is InChI=1S/C21H23N5O2/c27-20-11-18(12-22-24-20)26-6-4-25(5-7-26)13-17-9-16-8-14-2-1-3-15(14)10-19(16)23-21(17)28/h8-12H,1-7,13H2,(H,23,28)(H,24,27). The Balaban J connectivity index is 1.32. The number of pyridine rings is 1. The third kappa shape index (κ3) is 3.22. The van der Waals surface area contributed by atoms with E-state index in [9.17, 15) is 9.59 Å². The van der Waals surface area contributed by atoms with Crippen molar-refractivity contribution in [3.8, 4) is 0 Å². The summed E-state index contributed by atoms with van der Waals surface area (Å²) in [6.45, 7) is 3.95. The molecular formula is C21H23N5O2. The molecule has 2 aromatic heterocycles. The maximum absolute atomic E-state index is 12.6. The molecule has 1 aromatic carbocycles. The average molecular weight is 377 g/mol. The van der Waals surface area contributed by atoms with Gasteiger partial charge in [0.2, 0.25) is 0 Å². The average Bonchev–Trinajstić information content (AvgIpc) is 3.15. The van der Waals surface area contributed by atoms with E-state index in [0.717, 1.165) is 61.2 Å². The van der Waals surface area contributed by atoms with E-state index in [2.05, 4.69) is 43.2 Å². The zero-order valence-electron chi connectivity index (χ0n) is 15.7. The molecule has 0 atom stereocenters. The Morgan fingerprint density at radius 1 is 0.964 bits per heavy atom. The molecule has 0 spiro atoms. The number of benzene rings is 1. The number of hydrogen-bond donors (Lipinski definition) is 2. The van der Waals surface area contributed by atoms with Crippen molar-refractivity contribution in [1.82, 2.24) is 20.1 Å². The molecule has 5 rings (SSSR count). The van der Waals surface area contributed by atoms with E-state index in [1.54, 1.807) is 12.3 Å². The highest BCUT2D eigenvalue weighted by atomic mass is 16.1. The zero-order chi connectivity index (χ0) is 19.1. The van der Waals surface area contributed by atoms with E-state index in [1.165, 1.54) is 17.5 Å². The lowest BCUT2D eigenvalue weighted by atomic mass is 10.0. The molecule has 144 valence electrons. The lowest BCUT2D eigenvalue weighted by Gasteiger charge is -2.35. The normalized spacial score (nSPS) is 17.2. The highest BCUT2D eigenvalue weighted by Gasteiger charge is 2.19. The van der Waals surface area contributed by atoms with Crippen LogP contribution in [0.2, 0.25) is 0 Å². The fraction of sp³-hybridized carbons (Fsp3) is 0.381. The number of hydrogen-bond acceptors (Lipinski definition) is 5. The smallest absolute Gasteiger partial charge is 0.266 e. The van der Waals surface area contributed by atoms with Gasteiger partial charge in [-0.3, -0.25) is 14.5 Å². The number of piperazine rings is 1. The van der Waals surface area contributed by atoms with Gasteiger partial charge >= 0.3 is 0 Å². The van der Waals surface area contributed by atoms with Gasteiger partial charge in [0.15, 0.2) is 0 Å². The Kier molecular flexibility index (Phi) is 4.24. The van der Waals surface area contributed by atoms with Gasteiger partial charge in [0.25, 0.3) is 11.1 Å². The Morgan fingerprint density at radius 2 is 1.75 bits per heavy atom. The number of aromatic amines is 2. The Hall–Kier alpha value is -2.93. The first-order valence-corrected chi connectivity index (χ1v) is 9.85. The van der Waals surface area contributed by atoms with E-state index in [1.807, 2.05) is 0 Å². The molecule has 0 amide bonds. The third-order valence-corrected chi connectivity index (χ3v) is 5.92. The van der Waals surface area contributed by atoms with E-state index in [-0.39, 0.29) is 11.1 Å². The second kappa shape index (κ2) is 6.91. The van der Waals surface area contributed by atoms with Crippen molar-refractivity contribution in [2.45, 2.75) is 25.8 Å². The summed E-state index contributed by atoms with van der Waals surface area (Å²) in [6, 6.07) is 8.03. The molecule has 28 heavy (non-hydrogen) atoms. The number of fused-ring (bicyclic) bond motifs is 2. The van der Waals surface area contributed by atoms with Crippen LogP contribution in [-0.4, -0.2) is 46.3 Å². The summed E-state index contributed by atoms with van der Waals surface area (Å²) >= 11 is 0. The first kappa shape index (κ1) is 17.2. The summed E-state index contributed by atoms with van der Waals surface area (Å²) in [5.74, 6) is 0. The molecule has 1 saturated heterocycles. The van der Waals surface area contributed by atoms with Crippen molar-refractivity contribution in [2.24, 2.45) is 0 Å². The van der Waals surface area contributed by atoms with Crippen LogP contribution in [0.3, 0.4) is 0 Å². The second-order valence-corrected chi connectivity index (χ2v) is 7.75. The highest BCUT2D eigenvalue weighted by Crippen LogP contribution is 2.26. The van der Waals surface area contributed by atoms with Crippen LogP contribution < -0.4 is 16.0 Å². The predicted octanol–water partition coefficient (Wildman–Crippen LogP) is 1.42. The molecule has 1 aliphatic carbocycles. The minimum absolute atomic E-state index is 0.00618. The van der Waals surface area contributed by atoms with Gasteiger partial charge in [0, 0.05) is 49.9 Å². The molecule has 7 heteroatoms. The summed E-state index contributed by atoms with van der Waals surface area (Å²) in [7, 11) is 0. The van der Waals surface area contributed by atoms with Crippen molar-refractivity contribution >= 4 is 16.6 Å². The van der Waals surface area contributed by atoms with Crippen LogP contribution in [0, 0.1) is 0 Å². The van der Waals surface area contributed by atoms with Gasteiger partial charge in [0.1, 0.15) is 0 Å². The molecule has 7 nitrogen and oxygen atoms in total. The number of nitrogens with one attached hydrogen (secondary N) is 2. The molecule has 2 aliphatic rings. The molecule has 0 saturated carbocycles. The topological polar surface area (TPSA) is 85.1 Å². The number of aromatic nitrogens is 3. The van der Waals surface area contributed by atoms with Crippen molar-refractivity contribution in [3.63, 3.8) is 0 Å². The van der Waals surface area contributed by atoms with Crippen LogP contribution in [0.15, 0.2) is 40.1 Å². The maximum atomic E-state index is 12.6. The lowest BCUT2D eigenvalue weighted by Crippen LogP contribution is -2.46. The van der Waals surface area contributed by atoms with Crippen molar-refractivity contribution < 1.29 is 0 Å². The van der Waals surface area contributed by atoms with E-state index < -0.39 is 0 Å². The molecule has 1 fully saturated rings. The van der Waals surface area contributed by atoms with Gasteiger partial charge in [-0.25, -0.2) is 5.10 Å². The molecule has 0 bridgehead atoms. The minimum Gasteiger partial charge on any atom is -0.368 e. The number of nitrogens with zero attached hydrogens (tertiary/aromatic N) is 3. The van der Waals surface area contributed by atoms with Crippen LogP contribution in [0.4, 0.5) is 5.69 Å². The lowest BCUT2D eigenvalue weighted by molar-refractivity contribution is 0.249. The van der Waals surface area contributed by atoms with E-state index in [4.69, 9.17) is 0 Å². The molecule has 0 unspecified atom stereocenters. The molecule has 3 heterocycles. The van der Waals surface area contributed by atoms with Crippen LogP contribution >= 0.6 is 0 Å². The van der Waals surface area contributed by atoms with Crippen molar-refractivity contribution in [2.75, 3.05) is 31.1 Å². The molecule has 2 N–H and O–H groups in total. The number of anilines is 1. The zero-order valence-corrected chi connectivity index (χ0v) is 15.7. The maximum Gasteiger partial charge on any atom is 0.266 e. The molecule has 3 aromatic rings. The van der Waals surface area contributed by atoms with Gasteiger partial charge in [-0.15, -0.1) is 0 Å². The summed E-state index contributed by atoms with van der Waals surface area (Å²) in [4.78, 5) is 31.6. The van der Waals surface area contributed by atoms with Gasteiger partial charge < -0.3 is 9.88 Å². The van der Waals surface area contributed by atoms with Gasteiger partial charge in [-0.2, -0.15) is 5.10 Å². The Labute approximate surface area is 162 Å². The van der Waals surface area contributed by atoms with Crippen molar-refractivity contribution in [1.29, 1.82) is 0 Å². The molecule has 1 aliphatic heterocycles.